The Morgan fingerprint density at radius 3 is 1.06 bits per heavy atom. The van der Waals surface area contributed by atoms with Crippen LogP contribution in [0.4, 0.5) is 4.79 Å². The van der Waals surface area contributed by atoms with Crippen molar-refractivity contribution in [3.05, 3.63) is 0 Å². The van der Waals surface area contributed by atoms with Crippen LogP contribution in [0.25, 0.3) is 0 Å². The third-order valence-electron chi connectivity index (χ3n) is 13.4. The van der Waals surface area contributed by atoms with Crippen molar-refractivity contribution < 1.29 is 68.9 Å². The second kappa shape index (κ2) is 66.8. The number of hydrogen-bond acceptors (Lipinski definition) is 15. The zero-order chi connectivity index (χ0) is 61.4. The predicted molar refractivity (Wildman–Crippen MR) is 323 cm³/mol. The summed E-state index contributed by atoms with van der Waals surface area (Å²) >= 11 is 0. The highest BCUT2D eigenvalue weighted by molar-refractivity contribution is 5.86. The molecule has 4 atom stereocenters. The molecule has 0 spiro atoms. The molecule has 0 radical (unpaired) electrons. The first-order chi connectivity index (χ1) is 38.9. The zero-order valence-electron chi connectivity index (χ0n) is 50.8. The number of unbranched alkanes of at least 4 members (excludes halogenated alkanes) is 29. The molecular formula is C60H121N7O14. The number of carboxylic acid groups (broad SMARTS) is 4. The number of nitrogens with one attached hydrogen (secondary N) is 3. The highest BCUT2D eigenvalue weighted by Crippen LogP contribution is 2.17. The number of ketones is 1. The number of urea groups is 1. The first kappa shape index (κ1) is 83.5. The van der Waals surface area contributed by atoms with Crippen LogP contribution in [0.1, 0.15) is 271 Å². The fraction of sp³-hybridized carbons (Fsp3) is 0.883. The summed E-state index contributed by atoms with van der Waals surface area (Å²) in [6, 6.07) is -2.57. The molecular weight excluding hydrogens is 1040 g/mol. The van der Waals surface area contributed by atoms with E-state index in [0.717, 1.165) is 84.1 Å². The van der Waals surface area contributed by atoms with Gasteiger partial charge in [-0.05, 0) is 84.1 Å². The van der Waals surface area contributed by atoms with Gasteiger partial charge < -0.3 is 74.3 Å². The lowest BCUT2D eigenvalue weighted by atomic mass is 10.0. The Balaban J connectivity index is -0.000000641. The Kier molecular flexibility index (Phi) is 68.8. The molecule has 0 aliphatic carbocycles. The lowest BCUT2D eigenvalue weighted by Crippen LogP contribution is -2.40. The number of Topliss-reactive ketones (excluding diaryl/α,β-unsaturated/α-hetero) is 1. The van der Waals surface area contributed by atoms with E-state index in [-0.39, 0.29) is 44.3 Å². The van der Waals surface area contributed by atoms with Gasteiger partial charge in [-0.2, -0.15) is 0 Å². The number of carbonyl (C=O) groups is 7. The van der Waals surface area contributed by atoms with Crippen molar-refractivity contribution in [2.45, 2.75) is 295 Å². The Morgan fingerprint density at radius 2 is 0.753 bits per heavy atom. The van der Waals surface area contributed by atoms with Crippen LogP contribution < -0.4 is 38.9 Å². The van der Waals surface area contributed by atoms with Crippen LogP contribution >= 0.6 is 0 Å². The Labute approximate surface area is 488 Å². The van der Waals surface area contributed by atoms with Crippen LogP contribution in [0.2, 0.25) is 0 Å². The smallest absolute Gasteiger partial charge is 0.320 e. The minimum Gasteiger partial charge on any atom is -0.481 e. The van der Waals surface area contributed by atoms with Crippen molar-refractivity contribution in [2.75, 3.05) is 45.9 Å². The summed E-state index contributed by atoms with van der Waals surface area (Å²) in [6.07, 6.45) is 39.7. The van der Waals surface area contributed by atoms with Gasteiger partial charge in [-0.1, -0.05) is 194 Å². The molecule has 0 saturated carbocycles. The van der Waals surface area contributed by atoms with E-state index < -0.39 is 66.8 Å². The first-order valence-electron chi connectivity index (χ1n) is 31.5. The number of esters is 1. The summed E-state index contributed by atoms with van der Waals surface area (Å²) in [5.41, 5.74) is 20.3. The molecule has 2 unspecified atom stereocenters. The van der Waals surface area contributed by atoms with Crippen LogP contribution in [-0.4, -0.2) is 142 Å². The maximum Gasteiger partial charge on any atom is 0.320 e. The number of carbonyl (C=O) groups excluding carboxylic acids is 3. The van der Waals surface area contributed by atoms with E-state index in [1.54, 1.807) is 0 Å². The predicted octanol–water partition coefficient (Wildman–Crippen LogP) is 9.22. The van der Waals surface area contributed by atoms with Gasteiger partial charge in [0.15, 0.2) is 11.9 Å². The summed E-state index contributed by atoms with van der Waals surface area (Å²) in [7, 11) is 0. The number of rotatable bonds is 56. The number of carboxylic acids is 4. The maximum absolute atomic E-state index is 12.7. The number of aliphatic hydroxyl groups is 2. The molecule has 81 heavy (non-hydrogen) atoms. The number of aliphatic hydroxyl groups excluding tert-OH is 2. The molecule has 21 nitrogen and oxygen atoms in total. The molecule has 0 aliphatic heterocycles. The number of amides is 2. The number of nitrogens with two attached hydrogens (primary N) is 4. The monoisotopic (exact) mass is 1160 g/mol. The third kappa shape index (κ3) is 72.1. The van der Waals surface area contributed by atoms with Crippen LogP contribution in [0.3, 0.4) is 0 Å². The summed E-state index contributed by atoms with van der Waals surface area (Å²) < 4.78 is 5.36. The van der Waals surface area contributed by atoms with Gasteiger partial charge in [0, 0.05) is 32.2 Å². The van der Waals surface area contributed by atoms with E-state index in [2.05, 4.69) is 29.8 Å². The molecule has 2 amide bonds. The second-order valence-electron chi connectivity index (χ2n) is 21.3. The van der Waals surface area contributed by atoms with Crippen LogP contribution in [-0.2, 0) is 33.5 Å². The summed E-state index contributed by atoms with van der Waals surface area (Å²) in [5.74, 6) is -5.11. The van der Waals surface area contributed by atoms with Crippen molar-refractivity contribution in [1.29, 1.82) is 0 Å². The number of aliphatic carboxylic acids is 4. The van der Waals surface area contributed by atoms with Gasteiger partial charge in [0.2, 0.25) is 0 Å². The second-order valence-corrected chi connectivity index (χ2v) is 21.3. The van der Waals surface area contributed by atoms with Gasteiger partial charge in [-0.25, -0.2) is 4.79 Å². The lowest BCUT2D eigenvalue weighted by molar-refractivity contribution is -0.163. The number of ether oxygens (including phenoxy) is 1. The normalized spacial score (nSPS) is 12.2. The van der Waals surface area contributed by atoms with E-state index in [0.29, 0.717) is 6.54 Å². The third-order valence-corrected chi connectivity index (χ3v) is 13.4. The van der Waals surface area contributed by atoms with Gasteiger partial charge in [-0.3, -0.25) is 28.8 Å². The van der Waals surface area contributed by atoms with E-state index in [1.807, 2.05) is 0 Å². The fourth-order valence-electron chi connectivity index (χ4n) is 8.32. The van der Waals surface area contributed by atoms with E-state index in [1.165, 1.54) is 167 Å². The van der Waals surface area contributed by atoms with Gasteiger partial charge in [-0.15, -0.1) is 0 Å². The van der Waals surface area contributed by atoms with Crippen molar-refractivity contribution in [2.24, 2.45) is 22.9 Å². The van der Waals surface area contributed by atoms with Crippen molar-refractivity contribution >= 4 is 41.7 Å². The van der Waals surface area contributed by atoms with Crippen LogP contribution in [0.15, 0.2) is 0 Å². The minimum atomic E-state index is -1.34. The highest BCUT2D eigenvalue weighted by atomic mass is 16.6. The Morgan fingerprint density at radius 1 is 0.432 bits per heavy atom. The average molecular weight is 1160 g/mol. The standard InChI is InChI=1S/C39H76O5.C11H27N5O.2C5H9NO4/c1-3-5-7-9-11-13-15-17-19-21-23-25-27-29-31-33-36(41)39(37(42)35-40)44-38(43)34-32-30-28-26-24-22-20-18-16-14-12-10-8-6-4-2;12-5-3-8-14-6-1-2-7-15-9-4-10-16-11(13)17;2*6-3(5(9)10)1-2-4(7)8/h37,39-40,42H,3-35H2,1-2H3;14-15H,1-10,12H2,(H3,13,16,17);2*3H,1-2,6H2,(H,7,8)(H,9,10)/t;;2*3-/m..00/s1. The molecule has 0 aromatic heterocycles. The molecule has 0 aliphatic rings. The lowest BCUT2D eigenvalue weighted by Gasteiger charge is -2.20. The van der Waals surface area contributed by atoms with Gasteiger partial charge in [0.25, 0.3) is 0 Å². The van der Waals surface area contributed by atoms with Gasteiger partial charge in [0.1, 0.15) is 18.2 Å². The Bertz CT molecular complexity index is 1430. The van der Waals surface area contributed by atoms with E-state index in [4.69, 9.17) is 48.1 Å². The molecule has 0 saturated heterocycles. The van der Waals surface area contributed by atoms with Crippen molar-refractivity contribution in [3.8, 4) is 0 Å². The molecule has 0 heterocycles. The van der Waals surface area contributed by atoms with Crippen molar-refractivity contribution in [1.82, 2.24) is 16.0 Å². The van der Waals surface area contributed by atoms with Crippen LogP contribution in [0.5, 0.6) is 0 Å². The van der Waals surface area contributed by atoms with Gasteiger partial charge >= 0.3 is 35.9 Å². The van der Waals surface area contributed by atoms with E-state index in [9.17, 15) is 43.8 Å². The Hall–Kier alpha value is -3.99. The van der Waals surface area contributed by atoms with E-state index >= 15 is 0 Å². The molecule has 0 bridgehead atoms. The molecule has 0 rings (SSSR count). The first-order valence-corrected chi connectivity index (χ1v) is 31.5. The summed E-state index contributed by atoms with van der Waals surface area (Å²) in [6.45, 7) is 9.37. The van der Waals surface area contributed by atoms with Crippen molar-refractivity contribution in [3.63, 3.8) is 0 Å². The zero-order valence-corrected chi connectivity index (χ0v) is 50.8. The topological polar surface area (TPSA) is 390 Å². The molecule has 21 heteroatoms. The average Bonchev–Trinajstić information content (AvgIpc) is 3.43. The fourth-order valence-corrected chi connectivity index (χ4v) is 8.32. The number of hydrogen-bond donors (Lipinski definition) is 13. The van der Waals surface area contributed by atoms with Gasteiger partial charge in [0.05, 0.1) is 6.61 Å². The number of primary amides is 1. The van der Waals surface area contributed by atoms with Crippen LogP contribution in [0, 0.1) is 0 Å². The molecule has 0 fully saturated rings. The minimum absolute atomic E-state index is 0.0231. The SMILES string of the molecule is CCCCCCCCCCCCCCCCCC(=O)OC(C(=O)CCCCCCCCCCCCCCCCC)C(O)CO.NCCCNCCCCNCCCNC(N)=O.N[C@@H](CCC(=O)O)C(=O)O.N[C@@H](CCC(=O)O)C(=O)O. The molecule has 0 aromatic carbocycles. The summed E-state index contributed by atoms with van der Waals surface area (Å²) in [4.78, 5) is 75.1. The maximum atomic E-state index is 12.7. The highest BCUT2D eigenvalue weighted by Gasteiger charge is 2.29. The molecule has 480 valence electrons. The molecule has 0 aromatic rings. The largest absolute Gasteiger partial charge is 0.481 e. The summed E-state index contributed by atoms with van der Waals surface area (Å²) in [5, 5.41) is 61.3. The molecule has 17 N–H and O–H groups in total. The quantitative estimate of drug-likeness (QED) is 0.0199.